The Balaban J connectivity index is 3.31. The number of thioether (sulfide) groups is 1. The maximum atomic E-state index is 11.9. The van der Waals surface area contributed by atoms with Gasteiger partial charge in [-0.05, 0) is 36.8 Å². The Morgan fingerprint density at radius 2 is 1.57 bits per heavy atom. The summed E-state index contributed by atoms with van der Waals surface area (Å²) in [5, 5.41) is 10.4. The fourth-order valence-corrected chi connectivity index (χ4v) is 3.28. The molecule has 1 aromatic rings. The van der Waals surface area contributed by atoms with Crippen LogP contribution in [0.15, 0.2) is 17.0 Å². The van der Waals surface area contributed by atoms with Crippen molar-refractivity contribution >= 4 is 17.7 Å². The molecule has 23 heavy (non-hydrogen) atoms. The maximum Gasteiger partial charge on any atom is 0.319 e. The highest BCUT2D eigenvalue weighted by Crippen LogP contribution is 2.42. The van der Waals surface area contributed by atoms with Gasteiger partial charge in [-0.25, -0.2) is 0 Å². The Bertz CT molecular complexity index is 530. The summed E-state index contributed by atoms with van der Waals surface area (Å²) in [5.74, 6) is 0.151. The van der Waals surface area contributed by atoms with Crippen molar-refractivity contribution in [2.75, 3.05) is 6.61 Å². The van der Waals surface area contributed by atoms with Crippen LogP contribution < -0.4 is 0 Å². The topological polar surface area (TPSA) is 46.5 Å². The fourth-order valence-electron chi connectivity index (χ4n) is 2.33. The van der Waals surface area contributed by atoms with E-state index in [0.717, 1.165) is 16.0 Å². The van der Waals surface area contributed by atoms with Crippen LogP contribution in [0.25, 0.3) is 0 Å². The van der Waals surface area contributed by atoms with E-state index >= 15 is 0 Å². The smallest absolute Gasteiger partial charge is 0.319 e. The van der Waals surface area contributed by atoms with Crippen molar-refractivity contribution in [1.82, 2.24) is 0 Å². The van der Waals surface area contributed by atoms with Gasteiger partial charge in [-0.2, -0.15) is 0 Å². The third-order valence-corrected chi connectivity index (χ3v) is 4.68. The number of esters is 1. The predicted molar refractivity (Wildman–Crippen MR) is 97.5 cm³/mol. The maximum absolute atomic E-state index is 11.9. The molecule has 130 valence electrons. The molecule has 0 bridgehead atoms. The predicted octanol–water partition coefficient (Wildman–Crippen LogP) is 5.03. The Morgan fingerprint density at radius 1 is 1.13 bits per heavy atom. The van der Waals surface area contributed by atoms with Gasteiger partial charge in [-0.3, -0.25) is 4.79 Å². The number of aromatic hydroxyl groups is 1. The van der Waals surface area contributed by atoms with Gasteiger partial charge in [-0.15, -0.1) is 11.8 Å². The van der Waals surface area contributed by atoms with Crippen LogP contribution in [0, 0.1) is 0 Å². The zero-order valence-corrected chi connectivity index (χ0v) is 16.4. The standard InChI is InChI=1S/C19H30O3S/c1-9-22-17(21)12(2)23-13-10-14(18(3,4)5)16(20)15(11-13)19(6,7)8/h10-12,20H,9H2,1-8H3. The van der Waals surface area contributed by atoms with Gasteiger partial charge in [0, 0.05) is 16.0 Å². The number of phenols is 1. The molecule has 0 aliphatic heterocycles. The molecule has 1 aromatic carbocycles. The van der Waals surface area contributed by atoms with E-state index in [1.165, 1.54) is 11.8 Å². The first kappa shape index (κ1) is 19.9. The third kappa shape index (κ3) is 5.17. The van der Waals surface area contributed by atoms with E-state index in [4.69, 9.17) is 4.74 Å². The molecular formula is C19H30O3S. The van der Waals surface area contributed by atoms with E-state index in [0.29, 0.717) is 12.4 Å². The average Bonchev–Trinajstić information content (AvgIpc) is 2.38. The fraction of sp³-hybridized carbons (Fsp3) is 0.632. The van der Waals surface area contributed by atoms with Gasteiger partial charge < -0.3 is 9.84 Å². The molecule has 0 aromatic heterocycles. The number of phenolic OH excluding ortho intramolecular Hbond substituents is 1. The average molecular weight is 339 g/mol. The van der Waals surface area contributed by atoms with E-state index in [1.54, 1.807) is 0 Å². The Hall–Kier alpha value is -1.16. The summed E-state index contributed by atoms with van der Waals surface area (Å²) in [6.07, 6.45) is 0. The van der Waals surface area contributed by atoms with Crippen molar-refractivity contribution in [3.8, 4) is 5.75 Å². The number of hydrogen-bond acceptors (Lipinski definition) is 4. The normalized spacial score (nSPS) is 13.7. The Kier molecular flexibility index (Phi) is 6.19. The van der Waals surface area contributed by atoms with E-state index in [9.17, 15) is 9.90 Å². The third-order valence-electron chi connectivity index (χ3n) is 3.63. The molecule has 0 aliphatic rings. The first-order chi connectivity index (χ1) is 10.4. The van der Waals surface area contributed by atoms with Crippen molar-refractivity contribution in [3.05, 3.63) is 23.3 Å². The van der Waals surface area contributed by atoms with Gasteiger partial charge in [0.2, 0.25) is 0 Å². The van der Waals surface area contributed by atoms with Crippen molar-refractivity contribution in [2.24, 2.45) is 0 Å². The van der Waals surface area contributed by atoms with Gasteiger partial charge >= 0.3 is 5.97 Å². The van der Waals surface area contributed by atoms with E-state index in [-0.39, 0.29) is 22.0 Å². The molecule has 4 heteroatoms. The van der Waals surface area contributed by atoms with Crippen LogP contribution in [0.3, 0.4) is 0 Å². The summed E-state index contributed by atoms with van der Waals surface area (Å²) < 4.78 is 5.09. The van der Waals surface area contributed by atoms with Crippen molar-refractivity contribution < 1.29 is 14.6 Å². The lowest BCUT2D eigenvalue weighted by Gasteiger charge is -2.28. The Labute approximate surface area is 144 Å². The summed E-state index contributed by atoms with van der Waals surface area (Å²) in [4.78, 5) is 12.9. The molecule has 1 unspecified atom stereocenters. The summed E-state index contributed by atoms with van der Waals surface area (Å²) in [6, 6.07) is 3.98. The van der Waals surface area contributed by atoms with Crippen LogP contribution in [0.4, 0.5) is 0 Å². The van der Waals surface area contributed by atoms with Crippen LogP contribution in [-0.4, -0.2) is 22.9 Å². The van der Waals surface area contributed by atoms with Gasteiger partial charge in [0.05, 0.1) is 6.61 Å². The lowest BCUT2D eigenvalue weighted by Crippen LogP contribution is -2.19. The molecule has 0 amide bonds. The van der Waals surface area contributed by atoms with E-state index < -0.39 is 0 Å². The van der Waals surface area contributed by atoms with Gasteiger partial charge in [0.1, 0.15) is 11.0 Å². The molecule has 1 N–H and O–H groups in total. The number of benzene rings is 1. The number of hydrogen-bond donors (Lipinski definition) is 1. The zero-order chi connectivity index (χ0) is 18.0. The van der Waals surface area contributed by atoms with E-state index in [1.807, 2.05) is 26.0 Å². The highest BCUT2D eigenvalue weighted by Gasteiger charge is 2.27. The summed E-state index contributed by atoms with van der Waals surface area (Å²) in [7, 11) is 0. The molecule has 1 atom stereocenters. The Morgan fingerprint density at radius 3 is 1.91 bits per heavy atom. The highest BCUT2D eigenvalue weighted by molar-refractivity contribution is 8.00. The lowest BCUT2D eigenvalue weighted by atomic mass is 9.79. The van der Waals surface area contributed by atoms with Crippen molar-refractivity contribution in [1.29, 1.82) is 0 Å². The zero-order valence-electron chi connectivity index (χ0n) is 15.6. The van der Waals surface area contributed by atoms with Crippen molar-refractivity contribution in [2.45, 2.75) is 76.4 Å². The number of carbonyl (C=O) groups is 1. The van der Waals surface area contributed by atoms with Gasteiger partial charge in [0.25, 0.3) is 0 Å². The van der Waals surface area contributed by atoms with Crippen molar-refractivity contribution in [3.63, 3.8) is 0 Å². The molecule has 0 heterocycles. The van der Waals surface area contributed by atoms with Gasteiger partial charge in [0.15, 0.2) is 0 Å². The molecule has 0 radical (unpaired) electrons. The molecule has 0 saturated carbocycles. The molecule has 0 spiro atoms. The first-order valence-corrected chi connectivity index (χ1v) is 8.97. The monoisotopic (exact) mass is 338 g/mol. The number of rotatable bonds is 4. The first-order valence-electron chi connectivity index (χ1n) is 8.09. The number of ether oxygens (including phenoxy) is 1. The molecular weight excluding hydrogens is 308 g/mol. The molecule has 1 rings (SSSR count). The second-order valence-electron chi connectivity index (χ2n) is 7.88. The second-order valence-corrected chi connectivity index (χ2v) is 9.29. The van der Waals surface area contributed by atoms with Crippen LogP contribution in [0.5, 0.6) is 5.75 Å². The largest absolute Gasteiger partial charge is 0.507 e. The van der Waals surface area contributed by atoms with Crippen LogP contribution >= 0.6 is 11.8 Å². The minimum Gasteiger partial charge on any atom is -0.507 e. The second kappa shape index (κ2) is 7.16. The van der Waals surface area contributed by atoms with Crippen LogP contribution in [-0.2, 0) is 20.4 Å². The minimum atomic E-state index is -0.278. The molecule has 0 fully saturated rings. The molecule has 3 nitrogen and oxygen atoms in total. The molecule has 0 saturated heterocycles. The van der Waals surface area contributed by atoms with Gasteiger partial charge in [-0.1, -0.05) is 41.5 Å². The van der Waals surface area contributed by atoms with Crippen LogP contribution in [0.1, 0.15) is 66.5 Å². The highest BCUT2D eigenvalue weighted by atomic mass is 32.2. The van der Waals surface area contributed by atoms with Crippen LogP contribution in [0.2, 0.25) is 0 Å². The summed E-state index contributed by atoms with van der Waals surface area (Å²) in [6.45, 7) is 16.5. The summed E-state index contributed by atoms with van der Waals surface area (Å²) >= 11 is 1.48. The minimum absolute atomic E-state index is 0.173. The lowest BCUT2D eigenvalue weighted by molar-refractivity contribution is -0.142. The quantitative estimate of drug-likeness (QED) is 0.618. The number of carbonyl (C=O) groups excluding carboxylic acids is 1. The molecule has 0 aliphatic carbocycles. The van der Waals surface area contributed by atoms with E-state index in [2.05, 4.69) is 41.5 Å². The SMILES string of the molecule is CCOC(=O)C(C)Sc1cc(C(C)(C)C)c(O)c(C(C)(C)C)c1. The summed E-state index contributed by atoms with van der Waals surface area (Å²) in [5.41, 5.74) is 1.47.